The van der Waals surface area contributed by atoms with E-state index < -0.39 is 21.6 Å². The van der Waals surface area contributed by atoms with Crippen LogP contribution in [0.4, 0.5) is 9.18 Å². The van der Waals surface area contributed by atoms with Gasteiger partial charge in [0, 0.05) is 0 Å². The van der Waals surface area contributed by atoms with Gasteiger partial charge in [-0.1, -0.05) is 18.2 Å². The first-order chi connectivity index (χ1) is 13.7. The van der Waals surface area contributed by atoms with Gasteiger partial charge in [-0.15, -0.1) is 0 Å². The minimum absolute atomic E-state index is 0.00187. The Hall–Kier alpha value is -2.78. The van der Waals surface area contributed by atoms with E-state index in [0.29, 0.717) is 25.7 Å². The molecule has 1 saturated carbocycles. The molecule has 1 saturated heterocycles. The van der Waals surface area contributed by atoms with Crippen LogP contribution in [0.25, 0.3) is 11.1 Å². The number of carbonyl (C=O) groups excluding carboxylic acids is 2. The van der Waals surface area contributed by atoms with Crippen LogP contribution in [0.3, 0.4) is 0 Å². The summed E-state index contributed by atoms with van der Waals surface area (Å²) in [5.41, 5.74) is 1.38. The SMILES string of the molecule is NS(=O)(=O)c1ccc(-c2ccc(F)cc2)c(CC2CCC3(C2)NC(=O)NC3=O)c1. The number of imide groups is 1. The van der Waals surface area contributed by atoms with E-state index in [2.05, 4.69) is 10.6 Å². The number of hydrogen-bond donors (Lipinski definition) is 3. The van der Waals surface area contributed by atoms with Crippen LogP contribution in [-0.2, 0) is 21.2 Å². The Morgan fingerprint density at radius 2 is 1.86 bits per heavy atom. The molecule has 29 heavy (non-hydrogen) atoms. The maximum Gasteiger partial charge on any atom is 0.322 e. The molecule has 4 N–H and O–H groups in total. The molecule has 0 radical (unpaired) electrons. The summed E-state index contributed by atoms with van der Waals surface area (Å²) >= 11 is 0. The molecule has 3 amide bonds. The number of carbonyl (C=O) groups is 2. The molecule has 152 valence electrons. The summed E-state index contributed by atoms with van der Waals surface area (Å²) in [7, 11) is -3.88. The first kappa shape index (κ1) is 19.5. The fourth-order valence-electron chi connectivity index (χ4n) is 4.31. The van der Waals surface area contributed by atoms with Crippen molar-refractivity contribution >= 4 is 22.0 Å². The summed E-state index contributed by atoms with van der Waals surface area (Å²) in [6.07, 6.45) is 2.19. The van der Waals surface area contributed by atoms with Crippen LogP contribution in [0.15, 0.2) is 47.4 Å². The number of halogens is 1. The molecule has 1 aliphatic heterocycles. The van der Waals surface area contributed by atoms with Crippen LogP contribution in [0.2, 0.25) is 0 Å². The van der Waals surface area contributed by atoms with E-state index in [1.807, 2.05) is 0 Å². The highest BCUT2D eigenvalue weighted by Gasteiger charge is 2.50. The predicted octanol–water partition coefficient (Wildman–Crippen LogP) is 2.06. The van der Waals surface area contributed by atoms with Crippen LogP contribution in [0, 0.1) is 11.7 Å². The third kappa shape index (κ3) is 3.75. The topological polar surface area (TPSA) is 118 Å². The fourth-order valence-corrected chi connectivity index (χ4v) is 4.87. The lowest BCUT2D eigenvalue weighted by molar-refractivity contribution is -0.123. The molecule has 7 nitrogen and oxygen atoms in total. The monoisotopic (exact) mass is 417 g/mol. The normalized spacial score (nSPS) is 24.0. The second-order valence-electron chi connectivity index (χ2n) is 7.67. The molecule has 2 fully saturated rings. The Morgan fingerprint density at radius 3 is 2.48 bits per heavy atom. The molecule has 0 bridgehead atoms. The zero-order valence-electron chi connectivity index (χ0n) is 15.4. The zero-order chi connectivity index (χ0) is 20.8. The molecule has 2 aliphatic rings. The number of primary sulfonamides is 1. The fraction of sp³-hybridized carbons (Fsp3) is 0.300. The zero-order valence-corrected chi connectivity index (χ0v) is 16.3. The molecule has 0 aromatic heterocycles. The third-order valence-corrected chi connectivity index (χ3v) is 6.61. The second kappa shape index (κ2) is 6.93. The molecule has 1 heterocycles. The Balaban J connectivity index is 1.67. The smallest absolute Gasteiger partial charge is 0.322 e. The van der Waals surface area contributed by atoms with Gasteiger partial charge in [0.1, 0.15) is 11.4 Å². The van der Waals surface area contributed by atoms with Gasteiger partial charge in [-0.05, 0) is 72.6 Å². The average Bonchev–Trinajstić information content (AvgIpc) is 3.17. The molecule has 2 aromatic carbocycles. The number of nitrogens with one attached hydrogen (secondary N) is 2. The van der Waals surface area contributed by atoms with Crippen molar-refractivity contribution in [3.8, 4) is 11.1 Å². The Labute approximate surface area is 167 Å². The molecule has 2 atom stereocenters. The van der Waals surface area contributed by atoms with E-state index in [1.165, 1.54) is 24.3 Å². The van der Waals surface area contributed by atoms with Gasteiger partial charge in [0.25, 0.3) is 5.91 Å². The number of sulfonamides is 1. The number of hydrogen-bond acceptors (Lipinski definition) is 4. The lowest BCUT2D eigenvalue weighted by atomic mass is 9.89. The Morgan fingerprint density at radius 1 is 1.14 bits per heavy atom. The van der Waals surface area contributed by atoms with Crippen LogP contribution < -0.4 is 15.8 Å². The lowest BCUT2D eigenvalue weighted by Crippen LogP contribution is -2.44. The Kier molecular flexibility index (Phi) is 4.66. The first-order valence-corrected chi connectivity index (χ1v) is 10.8. The highest BCUT2D eigenvalue weighted by Crippen LogP contribution is 2.40. The second-order valence-corrected chi connectivity index (χ2v) is 9.24. The minimum Gasteiger partial charge on any atom is -0.323 e. The summed E-state index contributed by atoms with van der Waals surface area (Å²) < 4.78 is 37.0. The van der Waals surface area contributed by atoms with Crippen LogP contribution in [-0.4, -0.2) is 25.9 Å². The molecular weight excluding hydrogens is 397 g/mol. The standard InChI is InChI=1S/C20H20FN3O4S/c21-15-3-1-13(2-4-15)17-6-5-16(29(22,27)28)10-14(17)9-12-7-8-20(11-12)18(25)23-19(26)24-20/h1-6,10,12H,7-9,11H2,(H2,22,27,28)(H2,23,24,25,26). The molecule has 4 rings (SSSR count). The number of rotatable bonds is 4. The summed E-state index contributed by atoms with van der Waals surface area (Å²) in [6.45, 7) is 0. The van der Waals surface area contributed by atoms with Gasteiger partial charge in [-0.25, -0.2) is 22.7 Å². The maximum absolute atomic E-state index is 13.3. The van der Waals surface area contributed by atoms with Crippen molar-refractivity contribution in [3.05, 3.63) is 53.8 Å². The number of urea groups is 1. The number of nitrogens with two attached hydrogens (primary N) is 1. The third-order valence-electron chi connectivity index (χ3n) is 5.70. The van der Waals surface area contributed by atoms with Gasteiger partial charge in [-0.3, -0.25) is 10.1 Å². The quantitative estimate of drug-likeness (QED) is 0.660. The summed E-state index contributed by atoms with van der Waals surface area (Å²) in [4.78, 5) is 23.7. The van der Waals surface area contributed by atoms with Crippen LogP contribution >= 0.6 is 0 Å². The van der Waals surface area contributed by atoms with Crippen molar-refractivity contribution in [1.29, 1.82) is 0 Å². The molecule has 2 aromatic rings. The van der Waals surface area contributed by atoms with Crippen molar-refractivity contribution in [1.82, 2.24) is 10.6 Å². The highest BCUT2D eigenvalue weighted by molar-refractivity contribution is 7.89. The van der Waals surface area contributed by atoms with Crippen molar-refractivity contribution in [2.24, 2.45) is 11.1 Å². The lowest BCUT2D eigenvalue weighted by Gasteiger charge is -2.20. The summed E-state index contributed by atoms with van der Waals surface area (Å²) in [5.74, 6) is -0.617. The molecule has 1 aliphatic carbocycles. The van der Waals surface area contributed by atoms with Gasteiger partial charge in [0.05, 0.1) is 4.90 Å². The first-order valence-electron chi connectivity index (χ1n) is 9.22. The average molecular weight is 417 g/mol. The van der Waals surface area contributed by atoms with Crippen molar-refractivity contribution in [2.75, 3.05) is 0 Å². The van der Waals surface area contributed by atoms with Crippen LogP contribution in [0.5, 0.6) is 0 Å². The van der Waals surface area contributed by atoms with E-state index >= 15 is 0 Å². The van der Waals surface area contributed by atoms with Crippen molar-refractivity contribution in [2.45, 2.75) is 36.1 Å². The van der Waals surface area contributed by atoms with E-state index in [4.69, 9.17) is 5.14 Å². The van der Waals surface area contributed by atoms with Gasteiger partial charge < -0.3 is 5.32 Å². The minimum atomic E-state index is -3.88. The number of benzene rings is 2. The molecule has 1 spiro atoms. The summed E-state index contributed by atoms with van der Waals surface area (Å²) in [5, 5.41) is 10.3. The van der Waals surface area contributed by atoms with Gasteiger partial charge in [0.15, 0.2) is 0 Å². The van der Waals surface area contributed by atoms with Gasteiger partial charge in [0.2, 0.25) is 10.0 Å². The van der Waals surface area contributed by atoms with E-state index in [1.54, 1.807) is 18.2 Å². The largest absolute Gasteiger partial charge is 0.323 e. The summed E-state index contributed by atoms with van der Waals surface area (Å²) in [6, 6.07) is 10.1. The maximum atomic E-state index is 13.3. The van der Waals surface area contributed by atoms with Crippen molar-refractivity contribution < 1.29 is 22.4 Å². The Bertz CT molecular complexity index is 1100. The van der Waals surface area contributed by atoms with E-state index in [-0.39, 0.29) is 22.5 Å². The van der Waals surface area contributed by atoms with Crippen molar-refractivity contribution in [3.63, 3.8) is 0 Å². The molecule has 2 unspecified atom stereocenters. The van der Waals surface area contributed by atoms with Crippen LogP contribution in [0.1, 0.15) is 24.8 Å². The van der Waals surface area contributed by atoms with E-state index in [9.17, 15) is 22.4 Å². The number of amides is 3. The molecular formula is C20H20FN3O4S. The predicted molar refractivity (Wildman–Crippen MR) is 104 cm³/mol. The van der Waals surface area contributed by atoms with E-state index in [0.717, 1.165) is 16.7 Å². The highest BCUT2D eigenvalue weighted by atomic mass is 32.2. The van der Waals surface area contributed by atoms with Gasteiger partial charge >= 0.3 is 6.03 Å². The van der Waals surface area contributed by atoms with Gasteiger partial charge in [-0.2, -0.15) is 0 Å². The molecule has 9 heteroatoms.